The minimum absolute atomic E-state index is 0.110. The van der Waals surface area contributed by atoms with E-state index in [1.165, 1.54) is 0 Å². The molecule has 0 saturated carbocycles. The molecule has 3 heterocycles. The quantitative estimate of drug-likeness (QED) is 0.764. The number of carbonyl (C=O) groups is 1. The third-order valence-corrected chi connectivity index (χ3v) is 8.31. The number of benzene rings is 1. The van der Waals surface area contributed by atoms with E-state index >= 15 is 0 Å². The number of sulfonamides is 1. The van der Waals surface area contributed by atoms with E-state index in [1.54, 1.807) is 4.31 Å². The first-order chi connectivity index (χ1) is 12.8. The Morgan fingerprint density at radius 1 is 1.26 bits per heavy atom. The summed E-state index contributed by atoms with van der Waals surface area (Å²) in [7, 11) is -3.40. The van der Waals surface area contributed by atoms with E-state index < -0.39 is 20.9 Å². The molecule has 1 aromatic rings. The minimum Gasteiger partial charge on any atom is -0.365 e. The molecule has 3 atom stereocenters. The summed E-state index contributed by atoms with van der Waals surface area (Å²) < 4.78 is 34.0. The van der Waals surface area contributed by atoms with Gasteiger partial charge in [-0.15, -0.1) is 0 Å². The number of hydrogen-bond acceptors (Lipinski definition) is 4. The standard InChI is InChI=1S/C20H28N2O4S/c1-15(2)10-19(23)21-12-17-11-18-20(13-21,26-17)14-22(27(18,24)25)9-8-16-6-4-3-5-7-16/h3-7,15,17-18H,8-14H2,1-2H3/t17-,18+,20+/m1/s1. The zero-order chi connectivity index (χ0) is 19.2. The van der Waals surface area contributed by atoms with Gasteiger partial charge in [-0.05, 0) is 24.3 Å². The van der Waals surface area contributed by atoms with Crippen molar-refractivity contribution in [3.05, 3.63) is 35.9 Å². The average Bonchev–Trinajstić information content (AvgIpc) is 2.99. The van der Waals surface area contributed by atoms with Crippen LogP contribution in [0.15, 0.2) is 30.3 Å². The number of nitrogens with zero attached hydrogens (tertiary/aromatic N) is 2. The first-order valence-electron chi connectivity index (χ1n) is 9.79. The van der Waals surface area contributed by atoms with Crippen LogP contribution in [0.3, 0.4) is 0 Å². The molecule has 3 aliphatic heterocycles. The molecule has 0 unspecified atom stereocenters. The Kier molecular flexibility index (Phi) is 4.81. The molecule has 3 fully saturated rings. The van der Waals surface area contributed by atoms with Crippen LogP contribution in [0, 0.1) is 5.92 Å². The first-order valence-corrected chi connectivity index (χ1v) is 11.3. The van der Waals surface area contributed by atoms with Crippen LogP contribution < -0.4 is 0 Å². The van der Waals surface area contributed by atoms with Crippen molar-refractivity contribution < 1.29 is 17.9 Å². The van der Waals surface area contributed by atoms with Gasteiger partial charge in [-0.3, -0.25) is 4.79 Å². The summed E-state index contributed by atoms with van der Waals surface area (Å²) in [5.41, 5.74) is 0.365. The molecule has 1 aromatic carbocycles. The third-order valence-electron chi connectivity index (χ3n) is 5.94. The Bertz CT molecular complexity index is 811. The fourth-order valence-electron chi connectivity index (χ4n) is 4.72. The number of amides is 1. The van der Waals surface area contributed by atoms with E-state index in [0.29, 0.717) is 51.4 Å². The molecule has 1 spiro atoms. The van der Waals surface area contributed by atoms with Gasteiger partial charge >= 0.3 is 0 Å². The van der Waals surface area contributed by atoms with Crippen molar-refractivity contribution in [2.24, 2.45) is 5.92 Å². The van der Waals surface area contributed by atoms with Gasteiger partial charge in [-0.2, -0.15) is 4.31 Å². The second-order valence-corrected chi connectivity index (χ2v) is 10.6. The molecule has 2 bridgehead atoms. The van der Waals surface area contributed by atoms with Crippen molar-refractivity contribution in [1.29, 1.82) is 0 Å². The first kappa shape index (κ1) is 18.9. The Labute approximate surface area is 161 Å². The normalized spacial score (nSPS) is 32.0. The van der Waals surface area contributed by atoms with Crippen molar-refractivity contribution in [2.45, 2.75) is 50.1 Å². The molecule has 0 N–H and O–H groups in total. The molecular formula is C20H28N2O4S. The smallest absolute Gasteiger partial charge is 0.223 e. The van der Waals surface area contributed by atoms with Crippen molar-refractivity contribution in [1.82, 2.24) is 9.21 Å². The van der Waals surface area contributed by atoms with Gasteiger partial charge in [0.2, 0.25) is 15.9 Å². The number of morpholine rings is 1. The fourth-order valence-corrected chi connectivity index (χ4v) is 7.03. The topological polar surface area (TPSA) is 66.9 Å². The van der Waals surface area contributed by atoms with E-state index in [0.717, 1.165) is 5.56 Å². The van der Waals surface area contributed by atoms with Gasteiger partial charge in [-0.25, -0.2) is 8.42 Å². The molecule has 1 amide bonds. The van der Waals surface area contributed by atoms with Gasteiger partial charge in [0, 0.05) is 26.1 Å². The summed E-state index contributed by atoms with van der Waals surface area (Å²) in [6.07, 6.45) is 1.52. The van der Waals surface area contributed by atoms with Crippen LogP contribution in [0.25, 0.3) is 0 Å². The van der Waals surface area contributed by atoms with E-state index in [1.807, 2.05) is 49.1 Å². The molecule has 6 nitrogen and oxygen atoms in total. The number of ether oxygens (including phenoxy) is 1. The Morgan fingerprint density at radius 3 is 2.70 bits per heavy atom. The lowest BCUT2D eigenvalue weighted by Gasteiger charge is -2.39. The highest BCUT2D eigenvalue weighted by Crippen LogP contribution is 2.46. The molecule has 3 aliphatic rings. The minimum atomic E-state index is -3.40. The highest BCUT2D eigenvalue weighted by Gasteiger charge is 2.65. The van der Waals surface area contributed by atoms with E-state index in [9.17, 15) is 13.2 Å². The van der Waals surface area contributed by atoms with Crippen molar-refractivity contribution >= 4 is 15.9 Å². The largest absolute Gasteiger partial charge is 0.365 e. The van der Waals surface area contributed by atoms with Crippen LogP contribution in [0.5, 0.6) is 0 Å². The summed E-state index contributed by atoms with van der Waals surface area (Å²) in [5.74, 6) is 0.402. The van der Waals surface area contributed by atoms with Gasteiger partial charge in [0.15, 0.2) is 0 Å². The molecule has 0 radical (unpaired) electrons. The van der Waals surface area contributed by atoms with Gasteiger partial charge < -0.3 is 9.64 Å². The van der Waals surface area contributed by atoms with Crippen molar-refractivity contribution in [3.8, 4) is 0 Å². The lowest BCUT2D eigenvalue weighted by molar-refractivity contribution is -0.151. The number of fused-ring (bicyclic) bond motifs is 1. The maximum Gasteiger partial charge on any atom is 0.223 e. The highest BCUT2D eigenvalue weighted by atomic mass is 32.2. The van der Waals surface area contributed by atoms with Crippen LogP contribution in [0.2, 0.25) is 0 Å². The van der Waals surface area contributed by atoms with E-state index in [4.69, 9.17) is 4.74 Å². The zero-order valence-corrected chi connectivity index (χ0v) is 16.8. The zero-order valence-electron chi connectivity index (χ0n) is 16.0. The highest BCUT2D eigenvalue weighted by molar-refractivity contribution is 7.90. The molecule has 0 aromatic heterocycles. The molecule has 27 heavy (non-hydrogen) atoms. The number of carbonyl (C=O) groups excluding carboxylic acids is 1. The lowest BCUT2D eigenvalue weighted by Crippen LogP contribution is -2.56. The van der Waals surface area contributed by atoms with Crippen molar-refractivity contribution in [2.75, 3.05) is 26.2 Å². The summed E-state index contributed by atoms with van der Waals surface area (Å²) >= 11 is 0. The summed E-state index contributed by atoms with van der Waals surface area (Å²) in [6.45, 7) is 5.77. The Balaban J connectivity index is 1.50. The van der Waals surface area contributed by atoms with Gasteiger partial charge in [-0.1, -0.05) is 44.2 Å². The fraction of sp³-hybridized carbons (Fsp3) is 0.650. The molecule has 148 valence electrons. The van der Waals surface area contributed by atoms with Crippen LogP contribution in [0.4, 0.5) is 0 Å². The summed E-state index contributed by atoms with van der Waals surface area (Å²) in [4.78, 5) is 14.4. The lowest BCUT2D eigenvalue weighted by atomic mass is 9.98. The monoisotopic (exact) mass is 392 g/mol. The van der Waals surface area contributed by atoms with Gasteiger partial charge in [0.1, 0.15) is 10.9 Å². The molecule has 4 rings (SSSR count). The second kappa shape index (κ2) is 6.87. The van der Waals surface area contributed by atoms with Crippen molar-refractivity contribution in [3.63, 3.8) is 0 Å². The van der Waals surface area contributed by atoms with E-state index in [2.05, 4.69) is 0 Å². The molecule has 3 saturated heterocycles. The van der Waals surface area contributed by atoms with Gasteiger partial charge in [0.05, 0.1) is 12.6 Å². The maximum absolute atomic E-state index is 13.1. The number of hydrogen-bond donors (Lipinski definition) is 0. The average molecular weight is 393 g/mol. The molecule has 7 heteroatoms. The summed E-state index contributed by atoms with van der Waals surface area (Å²) in [6, 6.07) is 9.92. The SMILES string of the molecule is CC(C)CC(=O)N1C[C@H]2C[C@H]3[C@](C1)(CN(CCc1ccccc1)S3(=O)=O)O2. The van der Waals surface area contributed by atoms with Crippen LogP contribution >= 0.6 is 0 Å². The predicted octanol–water partition coefficient (Wildman–Crippen LogP) is 1.66. The number of rotatable bonds is 5. The Hall–Kier alpha value is -1.44. The van der Waals surface area contributed by atoms with Crippen LogP contribution in [0.1, 0.15) is 32.3 Å². The van der Waals surface area contributed by atoms with Gasteiger partial charge in [0.25, 0.3) is 0 Å². The summed E-state index contributed by atoms with van der Waals surface area (Å²) in [5, 5.41) is -0.525. The van der Waals surface area contributed by atoms with Crippen LogP contribution in [-0.2, 0) is 26.0 Å². The number of likely N-dealkylation sites (tertiary alicyclic amines) is 1. The van der Waals surface area contributed by atoms with Crippen LogP contribution in [-0.4, -0.2) is 66.7 Å². The Morgan fingerprint density at radius 2 is 2.00 bits per heavy atom. The van der Waals surface area contributed by atoms with E-state index in [-0.39, 0.29) is 12.0 Å². The second-order valence-electron chi connectivity index (χ2n) is 8.52. The third kappa shape index (κ3) is 3.41. The maximum atomic E-state index is 13.1. The molecular weight excluding hydrogens is 364 g/mol. The molecule has 0 aliphatic carbocycles. The predicted molar refractivity (Wildman–Crippen MR) is 103 cm³/mol.